The Morgan fingerprint density at radius 3 is 2.56 bits per heavy atom. The number of guanidine groups is 1. The monoisotopic (exact) mass is 371 g/mol. The summed E-state index contributed by atoms with van der Waals surface area (Å²) in [5.41, 5.74) is 3.74. The van der Waals surface area contributed by atoms with Gasteiger partial charge < -0.3 is 20.5 Å². The molecule has 27 heavy (non-hydrogen) atoms. The minimum absolute atomic E-state index is 0.0616. The van der Waals surface area contributed by atoms with Crippen molar-refractivity contribution in [3.8, 4) is 0 Å². The molecule has 0 radical (unpaired) electrons. The lowest BCUT2D eigenvalue weighted by Gasteiger charge is -2.13. The van der Waals surface area contributed by atoms with Gasteiger partial charge in [0.25, 0.3) is 5.91 Å². The molecule has 0 aliphatic rings. The van der Waals surface area contributed by atoms with Crippen molar-refractivity contribution in [2.24, 2.45) is 4.99 Å². The van der Waals surface area contributed by atoms with E-state index in [1.807, 2.05) is 31.2 Å². The average Bonchev–Trinajstić information content (AvgIpc) is 3.10. The molecule has 0 bridgehead atoms. The molecular formula is C20H29N5O2. The van der Waals surface area contributed by atoms with E-state index in [0.29, 0.717) is 31.2 Å². The van der Waals surface area contributed by atoms with E-state index < -0.39 is 0 Å². The van der Waals surface area contributed by atoms with E-state index in [2.05, 4.69) is 39.9 Å². The first-order valence-electron chi connectivity index (χ1n) is 9.40. The molecule has 0 atom stereocenters. The fourth-order valence-electron chi connectivity index (χ4n) is 2.80. The van der Waals surface area contributed by atoms with Gasteiger partial charge in [0.1, 0.15) is 5.76 Å². The second-order valence-electron chi connectivity index (χ2n) is 6.08. The Bertz CT molecular complexity index is 761. The number of hydrogen-bond donors (Lipinski definition) is 3. The fourth-order valence-corrected chi connectivity index (χ4v) is 2.80. The first kappa shape index (κ1) is 20.5. The first-order valence-corrected chi connectivity index (χ1v) is 9.40. The number of benzene rings is 1. The van der Waals surface area contributed by atoms with Gasteiger partial charge in [0.05, 0.1) is 5.69 Å². The number of aromatic nitrogens is 1. The molecule has 3 N–H and O–H groups in total. The van der Waals surface area contributed by atoms with E-state index in [-0.39, 0.29) is 5.91 Å². The van der Waals surface area contributed by atoms with Gasteiger partial charge in [0, 0.05) is 44.2 Å². The maximum atomic E-state index is 12.0. The van der Waals surface area contributed by atoms with Gasteiger partial charge in [-0.25, -0.2) is 0 Å². The Balaban J connectivity index is 1.96. The van der Waals surface area contributed by atoms with Crippen LogP contribution < -0.4 is 16.0 Å². The van der Waals surface area contributed by atoms with Crippen LogP contribution in [0.1, 0.15) is 53.7 Å². The summed E-state index contributed by atoms with van der Waals surface area (Å²) in [5, 5.41) is 13.5. The molecular weight excluding hydrogens is 342 g/mol. The van der Waals surface area contributed by atoms with Gasteiger partial charge >= 0.3 is 0 Å². The molecule has 0 saturated carbocycles. The number of amides is 1. The van der Waals surface area contributed by atoms with Crippen LogP contribution in [-0.2, 0) is 25.9 Å². The normalized spacial score (nSPS) is 11.3. The van der Waals surface area contributed by atoms with Crippen molar-refractivity contribution in [2.75, 3.05) is 13.6 Å². The molecule has 0 aliphatic heterocycles. The highest BCUT2D eigenvalue weighted by Gasteiger charge is 2.13. The second kappa shape index (κ2) is 10.4. The third-order valence-corrected chi connectivity index (χ3v) is 4.25. The number of carbonyl (C=O) groups excluding carboxylic acids is 1. The smallest absolute Gasteiger partial charge is 0.251 e. The summed E-state index contributed by atoms with van der Waals surface area (Å²) >= 11 is 0. The van der Waals surface area contributed by atoms with E-state index in [0.717, 1.165) is 35.4 Å². The van der Waals surface area contributed by atoms with Gasteiger partial charge in [-0.1, -0.05) is 31.1 Å². The number of nitrogens with one attached hydrogen (secondary N) is 3. The molecule has 1 aromatic heterocycles. The van der Waals surface area contributed by atoms with Crippen molar-refractivity contribution in [1.29, 1.82) is 0 Å². The second-order valence-corrected chi connectivity index (χ2v) is 6.08. The molecule has 1 amide bonds. The van der Waals surface area contributed by atoms with Crippen LogP contribution in [0.25, 0.3) is 0 Å². The SMILES string of the molecule is CCNC(=O)c1cccc(CNC(=NC)NCc2c(CC)noc2CC)c1. The first-order chi connectivity index (χ1) is 13.1. The van der Waals surface area contributed by atoms with E-state index in [1.54, 1.807) is 7.05 Å². The van der Waals surface area contributed by atoms with Crippen molar-refractivity contribution in [1.82, 2.24) is 21.1 Å². The van der Waals surface area contributed by atoms with Crippen molar-refractivity contribution in [2.45, 2.75) is 46.7 Å². The highest BCUT2D eigenvalue weighted by Crippen LogP contribution is 2.15. The third kappa shape index (κ3) is 5.57. The van der Waals surface area contributed by atoms with Gasteiger partial charge in [-0.2, -0.15) is 0 Å². The summed E-state index contributed by atoms with van der Waals surface area (Å²) in [7, 11) is 1.73. The topological polar surface area (TPSA) is 91.5 Å². The molecule has 0 aliphatic carbocycles. The number of aliphatic imine (C=N–C) groups is 1. The van der Waals surface area contributed by atoms with E-state index in [4.69, 9.17) is 4.52 Å². The van der Waals surface area contributed by atoms with Crippen LogP contribution in [-0.4, -0.2) is 30.6 Å². The molecule has 2 rings (SSSR count). The predicted molar refractivity (Wildman–Crippen MR) is 107 cm³/mol. The highest BCUT2D eigenvalue weighted by atomic mass is 16.5. The van der Waals surface area contributed by atoms with Gasteiger partial charge in [-0.15, -0.1) is 0 Å². The molecule has 1 aromatic carbocycles. The minimum atomic E-state index is -0.0616. The standard InChI is InChI=1S/C20H29N5O2/c1-5-17-16(18(6-2)27-25-17)13-24-20(21-4)23-12-14-9-8-10-15(11-14)19(26)22-7-3/h8-11H,5-7,12-13H2,1-4H3,(H,22,26)(H2,21,23,24). The van der Waals surface area contributed by atoms with E-state index in [1.165, 1.54) is 0 Å². The Kier molecular flexibility index (Phi) is 7.85. The quantitative estimate of drug-likeness (QED) is 0.490. The lowest BCUT2D eigenvalue weighted by atomic mass is 10.1. The largest absolute Gasteiger partial charge is 0.361 e. The zero-order chi connectivity index (χ0) is 19.6. The van der Waals surface area contributed by atoms with Crippen LogP contribution >= 0.6 is 0 Å². The maximum Gasteiger partial charge on any atom is 0.251 e. The zero-order valence-electron chi connectivity index (χ0n) is 16.6. The van der Waals surface area contributed by atoms with Crippen LogP contribution in [0.4, 0.5) is 0 Å². The Labute approximate surface area is 160 Å². The molecule has 7 heteroatoms. The number of nitrogens with zero attached hydrogens (tertiary/aromatic N) is 2. The molecule has 2 aromatic rings. The Morgan fingerprint density at radius 2 is 1.89 bits per heavy atom. The third-order valence-electron chi connectivity index (χ3n) is 4.25. The molecule has 0 spiro atoms. The minimum Gasteiger partial charge on any atom is -0.361 e. The van der Waals surface area contributed by atoms with Crippen LogP contribution in [0.3, 0.4) is 0 Å². The van der Waals surface area contributed by atoms with Crippen molar-refractivity contribution < 1.29 is 9.32 Å². The van der Waals surface area contributed by atoms with E-state index >= 15 is 0 Å². The molecule has 146 valence electrons. The lowest BCUT2D eigenvalue weighted by molar-refractivity contribution is 0.0955. The predicted octanol–water partition coefficient (Wildman–Crippen LogP) is 2.41. The Morgan fingerprint density at radius 1 is 1.11 bits per heavy atom. The van der Waals surface area contributed by atoms with Crippen molar-refractivity contribution >= 4 is 11.9 Å². The van der Waals surface area contributed by atoms with Gasteiger partial charge in [-0.05, 0) is 31.0 Å². The summed E-state index contributed by atoms with van der Waals surface area (Å²) in [5.74, 6) is 1.53. The van der Waals surface area contributed by atoms with Crippen molar-refractivity contribution in [3.63, 3.8) is 0 Å². The number of aryl methyl sites for hydroxylation is 2. The van der Waals surface area contributed by atoms with Gasteiger partial charge in [-0.3, -0.25) is 9.79 Å². The maximum absolute atomic E-state index is 12.0. The van der Waals surface area contributed by atoms with Crippen molar-refractivity contribution in [3.05, 3.63) is 52.4 Å². The molecule has 0 unspecified atom stereocenters. The van der Waals surface area contributed by atoms with Crippen LogP contribution in [0.2, 0.25) is 0 Å². The summed E-state index contributed by atoms with van der Waals surface area (Å²) in [6.45, 7) is 7.81. The molecule has 1 heterocycles. The lowest BCUT2D eigenvalue weighted by Crippen LogP contribution is -2.36. The average molecular weight is 371 g/mol. The summed E-state index contributed by atoms with van der Waals surface area (Å²) < 4.78 is 5.40. The van der Waals surface area contributed by atoms with Crippen LogP contribution in [0.15, 0.2) is 33.8 Å². The van der Waals surface area contributed by atoms with Gasteiger partial charge in [0.15, 0.2) is 5.96 Å². The number of rotatable bonds is 8. The molecule has 0 saturated heterocycles. The van der Waals surface area contributed by atoms with Gasteiger partial charge in [0.2, 0.25) is 0 Å². The van der Waals surface area contributed by atoms with Crippen LogP contribution in [0.5, 0.6) is 0 Å². The molecule has 0 fully saturated rings. The Hall–Kier alpha value is -2.83. The number of carbonyl (C=O) groups is 1. The summed E-state index contributed by atoms with van der Waals surface area (Å²) in [6, 6.07) is 7.56. The summed E-state index contributed by atoms with van der Waals surface area (Å²) in [6.07, 6.45) is 1.64. The molecule has 7 nitrogen and oxygen atoms in total. The van der Waals surface area contributed by atoms with E-state index in [9.17, 15) is 4.79 Å². The fraction of sp³-hybridized carbons (Fsp3) is 0.450. The highest BCUT2D eigenvalue weighted by molar-refractivity contribution is 5.94. The summed E-state index contributed by atoms with van der Waals surface area (Å²) in [4.78, 5) is 16.2. The zero-order valence-corrected chi connectivity index (χ0v) is 16.6. The number of hydrogen-bond acceptors (Lipinski definition) is 4. The van der Waals surface area contributed by atoms with Crippen LogP contribution in [0, 0.1) is 0 Å².